The van der Waals surface area contributed by atoms with Gasteiger partial charge in [-0.15, -0.1) is 0 Å². The number of anilines is 1. The number of aromatic hydroxyl groups is 1. The lowest BCUT2D eigenvalue weighted by Gasteiger charge is -2.46. The number of fused-ring (bicyclic) bond motifs is 3. The number of carbonyl (C=O) groups is 4. The Hall–Kier alpha value is -3.77. The lowest BCUT2D eigenvalue weighted by atomic mass is 9.59. The molecule has 3 aliphatic carbocycles. The molecule has 196 valence electrons. The Balaban J connectivity index is 1.56. The van der Waals surface area contributed by atoms with Gasteiger partial charge in [-0.2, -0.15) is 0 Å². The first kappa shape index (κ1) is 24.9. The lowest BCUT2D eigenvalue weighted by molar-refractivity contribution is -0.147. The molecule has 5 rings (SSSR count). The number of nitrogens with two attached hydrogens (primary N) is 1. The van der Waals surface area contributed by atoms with Gasteiger partial charge in [-0.05, 0) is 44.7 Å². The Kier molecular flexibility index (Phi) is 5.83. The number of carbonyl (C=O) groups excluding carboxylic acids is 4. The van der Waals surface area contributed by atoms with Gasteiger partial charge in [-0.25, -0.2) is 4.39 Å². The molecule has 2 amide bonds. The molecule has 0 spiro atoms. The zero-order chi connectivity index (χ0) is 26.8. The van der Waals surface area contributed by atoms with E-state index in [4.69, 9.17) is 5.73 Å². The molecule has 1 saturated heterocycles. The Labute approximate surface area is 210 Å². The van der Waals surface area contributed by atoms with Crippen LogP contribution >= 0.6 is 0 Å². The number of phenols is 1. The molecule has 4 aliphatic rings. The number of hydrogen-bond donors (Lipinski definition) is 6. The van der Waals surface area contributed by atoms with Crippen LogP contribution in [0.2, 0.25) is 0 Å². The van der Waals surface area contributed by atoms with E-state index < -0.39 is 81.5 Å². The number of aliphatic hydroxyl groups excluding tert-OH is 2. The predicted octanol–water partition coefficient (Wildman–Crippen LogP) is 0.597. The van der Waals surface area contributed by atoms with E-state index in [1.165, 1.54) is 0 Å². The van der Waals surface area contributed by atoms with E-state index in [2.05, 4.69) is 5.32 Å². The van der Waals surface area contributed by atoms with Crippen LogP contribution in [0.15, 0.2) is 23.0 Å². The Morgan fingerprint density at radius 1 is 1.16 bits per heavy atom. The van der Waals surface area contributed by atoms with Gasteiger partial charge in [0.05, 0.1) is 17.8 Å². The standard InChI is InChI=1S/C25H26FN3O8/c26-13-8-14(28-16(31)9-29-3-1-2-4-29)20(32)18-12(13)6-10-5-11-7-15(30)19(24(27)36)23(35)25(11,37)22(34)17(10)21(18)33/h8,10-11,32-33,35,37H,1-7,9H2,(H2,27,36)(H,28,31)/t10-,11+,25+/m1/s1. The molecular weight excluding hydrogens is 489 g/mol. The van der Waals surface area contributed by atoms with Crippen molar-refractivity contribution in [2.24, 2.45) is 17.6 Å². The Morgan fingerprint density at radius 3 is 2.49 bits per heavy atom. The van der Waals surface area contributed by atoms with Crippen LogP contribution in [0.5, 0.6) is 5.75 Å². The van der Waals surface area contributed by atoms with Crippen LogP contribution < -0.4 is 11.1 Å². The largest absolute Gasteiger partial charge is 0.508 e. The fraction of sp³-hybridized carbons (Fsp3) is 0.440. The fourth-order valence-electron chi connectivity index (χ4n) is 6.07. The van der Waals surface area contributed by atoms with Crippen molar-refractivity contribution in [3.05, 3.63) is 39.9 Å². The van der Waals surface area contributed by atoms with E-state index in [1.54, 1.807) is 0 Å². The summed E-state index contributed by atoms with van der Waals surface area (Å²) in [5, 5.41) is 46.2. The van der Waals surface area contributed by atoms with Gasteiger partial charge in [-0.1, -0.05) is 0 Å². The highest BCUT2D eigenvalue weighted by atomic mass is 19.1. The molecule has 1 saturated carbocycles. The topological polar surface area (TPSA) is 190 Å². The summed E-state index contributed by atoms with van der Waals surface area (Å²) in [4.78, 5) is 51.9. The number of nitrogens with one attached hydrogen (secondary N) is 1. The summed E-state index contributed by atoms with van der Waals surface area (Å²) in [6.07, 6.45) is 1.19. The SMILES string of the molecule is NC(=O)C1=C(O)[C@@]2(O)C(=O)C3=C(O)c4c(O)c(NC(=O)CN5CCCC5)cc(F)c4C[C@H]3C[C@H]2CC1=O. The average molecular weight is 515 g/mol. The first-order valence-electron chi connectivity index (χ1n) is 12.0. The van der Waals surface area contributed by atoms with Crippen LogP contribution in [0.3, 0.4) is 0 Å². The van der Waals surface area contributed by atoms with Gasteiger partial charge in [0.15, 0.2) is 17.1 Å². The molecule has 12 heteroatoms. The van der Waals surface area contributed by atoms with Crippen molar-refractivity contribution in [3.63, 3.8) is 0 Å². The number of benzene rings is 1. The smallest absolute Gasteiger partial charge is 0.255 e. The summed E-state index contributed by atoms with van der Waals surface area (Å²) < 4.78 is 15.2. The summed E-state index contributed by atoms with van der Waals surface area (Å²) in [5.41, 5.74) is 0.381. The molecule has 0 radical (unpaired) electrons. The molecule has 37 heavy (non-hydrogen) atoms. The van der Waals surface area contributed by atoms with Gasteiger partial charge in [0, 0.05) is 29.5 Å². The summed E-state index contributed by atoms with van der Waals surface area (Å²) in [6.45, 7) is 1.51. The number of phenolic OH excluding ortho intramolecular Hbond substituents is 1. The van der Waals surface area contributed by atoms with Crippen LogP contribution in [0, 0.1) is 17.7 Å². The molecule has 1 heterocycles. The van der Waals surface area contributed by atoms with Crippen LogP contribution in [0.4, 0.5) is 10.1 Å². The number of rotatable bonds is 4. The number of hydrogen-bond acceptors (Lipinski definition) is 9. The highest BCUT2D eigenvalue weighted by Crippen LogP contribution is 2.53. The highest BCUT2D eigenvalue weighted by Gasteiger charge is 2.60. The first-order valence-corrected chi connectivity index (χ1v) is 12.0. The molecular formula is C25H26FN3O8. The summed E-state index contributed by atoms with van der Waals surface area (Å²) in [5.74, 6) is -9.30. The van der Waals surface area contributed by atoms with Gasteiger partial charge in [0.25, 0.3) is 5.91 Å². The average Bonchev–Trinajstić information content (AvgIpc) is 3.32. The summed E-state index contributed by atoms with van der Waals surface area (Å²) in [7, 11) is 0. The second-order valence-electron chi connectivity index (χ2n) is 10.0. The summed E-state index contributed by atoms with van der Waals surface area (Å²) in [6, 6.07) is 0.938. The van der Waals surface area contributed by atoms with Crippen molar-refractivity contribution in [3.8, 4) is 5.75 Å². The number of halogens is 1. The minimum absolute atomic E-state index is 0.0344. The normalized spacial score (nSPS) is 27.6. The number of Topliss-reactive ketones (excluding diaryl/α,β-unsaturated/α-hetero) is 2. The van der Waals surface area contributed by atoms with E-state index in [9.17, 15) is 39.6 Å². The van der Waals surface area contributed by atoms with E-state index in [0.717, 1.165) is 32.0 Å². The third-order valence-corrected chi connectivity index (χ3v) is 7.85. The van der Waals surface area contributed by atoms with E-state index in [-0.39, 0.29) is 36.2 Å². The second kappa shape index (κ2) is 8.67. The van der Waals surface area contributed by atoms with Crippen molar-refractivity contribution < 1.29 is 44.0 Å². The Bertz CT molecular complexity index is 1330. The van der Waals surface area contributed by atoms with Gasteiger partial charge < -0.3 is 31.5 Å². The number of amides is 2. The maximum Gasteiger partial charge on any atom is 0.255 e. The van der Waals surface area contributed by atoms with Crippen LogP contribution in [0.1, 0.15) is 36.8 Å². The third kappa shape index (κ3) is 3.70. The molecule has 0 aromatic heterocycles. The van der Waals surface area contributed by atoms with Crippen LogP contribution in [-0.4, -0.2) is 73.9 Å². The third-order valence-electron chi connectivity index (χ3n) is 7.85. The van der Waals surface area contributed by atoms with Gasteiger partial charge >= 0.3 is 0 Å². The quantitative estimate of drug-likeness (QED) is 0.246. The second-order valence-corrected chi connectivity index (χ2v) is 10.0. The van der Waals surface area contributed by atoms with Crippen molar-refractivity contribution >= 4 is 34.8 Å². The van der Waals surface area contributed by atoms with Crippen LogP contribution in [-0.2, 0) is 25.6 Å². The highest BCUT2D eigenvalue weighted by molar-refractivity contribution is 6.22. The van der Waals surface area contributed by atoms with Crippen molar-refractivity contribution in [1.82, 2.24) is 4.90 Å². The van der Waals surface area contributed by atoms with Crippen molar-refractivity contribution in [2.45, 2.75) is 37.7 Å². The van der Waals surface area contributed by atoms with E-state index in [1.807, 2.05) is 4.90 Å². The number of aliphatic hydroxyl groups is 3. The predicted molar refractivity (Wildman–Crippen MR) is 126 cm³/mol. The lowest BCUT2D eigenvalue weighted by Crippen LogP contribution is -2.58. The van der Waals surface area contributed by atoms with Crippen molar-refractivity contribution in [1.29, 1.82) is 0 Å². The Morgan fingerprint density at radius 2 is 1.84 bits per heavy atom. The zero-order valence-corrected chi connectivity index (χ0v) is 19.7. The summed E-state index contributed by atoms with van der Waals surface area (Å²) >= 11 is 0. The molecule has 7 N–H and O–H groups in total. The van der Waals surface area contributed by atoms with E-state index in [0.29, 0.717) is 0 Å². The van der Waals surface area contributed by atoms with Crippen LogP contribution in [0.25, 0.3) is 5.76 Å². The molecule has 0 bridgehead atoms. The van der Waals surface area contributed by atoms with Gasteiger partial charge in [0.2, 0.25) is 11.7 Å². The minimum Gasteiger partial charge on any atom is -0.508 e. The fourth-order valence-corrected chi connectivity index (χ4v) is 6.07. The zero-order valence-electron chi connectivity index (χ0n) is 19.7. The van der Waals surface area contributed by atoms with Crippen molar-refractivity contribution in [2.75, 3.05) is 25.0 Å². The minimum atomic E-state index is -2.70. The molecule has 2 fully saturated rings. The molecule has 3 atom stereocenters. The molecule has 1 aliphatic heterocycles. The number of nitrogens with zero attached hydrogens (tertiary/aromatic N) is 1. The van der Waals surface area contributed by atoms with E-state index >= 15 is 4.39 Å². The molecule has 0 unspecified atom stereocenters. The molecule has 11 nitrogen and oxygen atoms in total. The number of primary amides is 1. The number of likely N-dealkylation sites (tertiary alicyclic amines) is 1. The maximum absolute atomic E-state index is 15.2. The number of ketones is 2. The maximum atomic E-state index is 15.2. The van der Waals surface area contributed by atoms with Gasteiger partial charge in [0.1, 0.15) is 22.9 Å². The molecule has 1 aromatic rings. The van der Waals surface area contributed by atoms with Gasteiger partial charge in [-0.3, -0.25) is 24.1 Å². The molecule has 1 aromatic carbocycles. The monoisotopic (exact) mass is 515 g/mol. The first-order chi connectivity index (χ1) is 17.4.